The van der Waals surface area contributed by atoms with Gasteiger partial charge in [0.05, 0.1) is 11.3 Å². The van der Waals surface area contributed by atoms with Gasteiger partial charge in [0.1, 0.15) is 11.6 Å². The number of alkyl halides is 3. The van der Waals surface area contributed by atoms with Gasteiger partial charge in [0.25, 0.3) is 0 Å². The average molecular weight is 425 g/mol. The number of halogens is 5. The summed E-state index contributed by atoms with van der Waals surface area (Å²) in [5, 5.41) is 0. The van der Waals surface area contributed by atoms with E-state index in [1.807, 2.05) is 6.07 Å². The van der Waals surface area contributed by atoms with E-state index in [0.717, 1.165) is 23.8 Å². The average Bonchev–Trinajstić information content (AvgIpc) is 2.73. The summed E-state index contributed by atoms with van der Waals surface area (Å²) in [6, 6.07) is 18.9. The molecule has 0 aliphatic heterocycles. The maximum Gasteiger partial charge on any atom is 0.416 e. The summed E-state index contributed by atoms with van der Waals surface area (Å²) < 4.78 is 66.0. The lowest BCUT2D eigenvalue weighted by molar-refractivity contribution is -0.137. The van der Waals surface area contributed by atoms with Gasteiger partial charge in [-0.1, -0.05) is 30.3 Å². The number of pyridine rings is 1. The van der Waals surface area contributed by atoms with Crippen molar-refractivity contribution >= 4 is 0 Å². The molecule has 3 aromatic carbocycles. The van der Waals surface area contributed by atoms with Crippen molar-refractivity contribution < 1.29 is 22.0 Å². The van der Waals surface area contributed by atoms with Gasteiger partial charge in [0.2, 0.25) is 0 Å². The van der Waals surface area contributed by atoms with Crippen LogP contribution in [0.15, 0.2) is 78.9 Å². The normalized spacial score (nSPS) is 11.5. The third-order valence-corrected chi connectivity index (χ3v) is 4.90. The summed E-state index contributed by atoms with van der Waals surface area (Å²) in [4.78, 5) is 4.52. The van der Waals surface area contributed by atoms with Crippen LogP contribution in [0, 0.1) is 18.6 Å². The summed E-state index contributed by atoms with van der Waals surface area (Å²) in [5.41, 5.74) is 3.45. The Hall–Kier alpha value is -3.54. The second kappa shape index (κ2) is 7.95. The van der Waals surface area contributed by atoms with Crippen LogP contribution in [0.3, 0.4) is 0 Å². The van der Waals surface area contributed by atoms with Crippen LogP contribution in [-0.2, 0) is 6.18 Å². The fourth-order valence-electron chi connectivity index (χ4n) is 3.40. The first-order chi connectivity index (χ1) is 14.7. The molecule has 31 heavy (non-hydrogen) atoms. The molecule has 0 spiro atoms. The molecule has 1 aromatic heterocycles. The molecule has 4 aromatic rings. The zero-order chi connectivity index (χ0) is 22.2. The number of hydrogen-bond donors (Lipinski definition) is 0. The van der Waals surface area contributed by atoms with Crippen molar-refractivity contribution in [2.24, 2.45) is 0 Å². The monoisotopic (exact) mass is 425 g/mol. The minimum absolute atomic E-state index is 0.263. The Labute approximate surface area is 175 Å². The quantitative estimate of drug-likeness (QED) is 0.307. The Morgan fingerprint density at radius 1 is 0.677 bits per heavy atom. The second-order valence-corrected chi connectivity index (χ2v) is 7.16. The lowest BCUT2D eigenvalue weighted by atomic mass is 9.98. The largest absolute Gasteiger partial charge is 0.416 e. The minimum atomic E-state index is -4.39. The molecule has 0 unspecified atom stereocenters. The highest BCUT2D eigenvalue weighted by molar-refractivity contribution is 5.75. The highest BCUT2D eigenvalue weighted by Gasteiger charge is 2.30. The first-order valence-electron chi connectivity index (χ1n) is 9.43. The maximum atomic E-state index is 14.2. The fraction of sp³-hybridized carbons (Fsp3) is 0.0800. The molecule has 0 saturated carbocycles. The molecule has 0 aliphatic carbocycles. The van der Waals surface area contributed by atoms with Crippen molar-refractivity contribution in [2.75, 3.05) is 0 Å². The topological polar surface area (TPSA) is 12.9 Å². The molecule has 0 atom stereocenters. The molecule has 4 rings (SSSR count). The molecule has 0 radical (unpaired) electrons. The number of aryl methyl sites for hydroxylation is 1. The van der Waals surface area contributed by atoms with E-state index in [4.69, 9.17) is 0 Å². The molecule has 156 valence electrons. The van der Waals surface area contributed by atoms with Crippen molar-refractivity contribution in [1.82, 2.24) is 4.98 Å². The van der Waals surface area contributed by atoms with Gasteiger partial charge in [-0.15, -0.1) is 0 Å². The second-order valence-electron chi connectivity index (χ2n) is 7.16. The van der Waals surface area contributed by atoms with Crippen molar-refractivity contribution in [1.29, 1.82) is 0 Å². The molecule has 6 heteroatoms. The highest BCUT2D eigenvalue weighted by atomic mass is 19.4. The number of hydrogen-bond acceptors (Lipinski definition) is 1. The van der Waals surface area contributed by atoms with Crippen LogP contribution in [-0.4, -0.2) is 4.98 Å². The number of benzene rings is 3. The molecule has 1 nitrogen and oxygen atoms in total. The smallest absolute Gasteiger partial charge is 0.253 e. The molecule has 0 fully saturated rings. The van der Waals surface area contributed by atoms with Crippen molar-refractivity contribution in [3.63, 3.8) is 0 Å². The van der Waals surface area contributed by atoms with Crippen LogP contribution < -0.4 is 0 Å². The summed E-state index contributed by atoms with van der Waals surface area (Å²) in [5.74, 6) is -1.32. The summed E-state index contributed by atoms with van der Waals surface area (Å²) in [6.07, 6.45) is -4.39. The van der Waals surface area contributed by atoms with Crippen LogP contribution in [0.4, 0.5) is 22.0 Å². The van der Waals surface area contributed by atoms with E-state index in [9.17, 15) is 22.0 Å². The Balaban J connectivity index is 1.74. The first-order valence-corrected chi connectivity index (χ1v) is 9.43. The summed E-state index contributed by atoms with van der Waals surface area (Å²) in [6.45, 7) is 1.79. The van der Waals surface area contributed by atoms with Crippen LogP contribution in [0.5, 0.6) is 0 Å². The van der Waals surface area contributed by atoms with Gasteiger partial charge in [-0.3, -0.25) is 4.98 Å². The van der Waals surface area contributed by atoms with E-state index in [2.05, 4.69) is 4.98 Å². The molecule has 0 amide bonds. The van der Waals surface area contributed by atoms with E-state index >= 15 is 0 Å². The van der Waals surface area contributed by atoms with Gasteiger partial charge >= 0.3 is 6.18 Å². The molecule has 0 N–H and O–H groups in total. The van der Waals surface area contributed by atoms with Crippen molar-refractivity contribution in [2.45, 2.75) is 13.1 Å². The van der Waals surface area contributed by atoms with Gasteiger partial charge in [-0.2, -0.15) is 13.2 Å². The molecular weight excluding hydrogens is 409 g/mol. The van der Waals surface area contributed by atoms with E-state index < -0.39 is 23.4 Å². The molecule has 1 heterocycles. The number of aromatic nitrogens is 1. The molecule has 0 aliphatic rings. The van der Waals surface area contributed by atoms with Crippen LogP contribution in [0.2, 0.25) is 0 Å². The van der Waals surface area contributed by atoms with Gasteiger partial charge in [0, 0.05) is 22.9 Å². The van der Waals surface area contributed by atoms with Crippen molar-refractivity contribution in [3.8, 4) is 33.5 Å². The predicted molar refractivity (Wildman–Crippen MR) is 110 cm³/mol. The Morgan fingerprint density at radius 3 is 2.06 bits per heavy atom. The zero-order valence-electron chi connectivity index (χ0n) is 16.3. The number of rotatable bonds is 3. The lowest BCUT2D eigenvalue weighted by Crippen LogP contribution is -2.04. The summed E-state index contributed by atoms with van der Waals surface area (Å²) in [7, 11) is 0. The lowest BCUT2D eigenvalue weighted by Gasteiger charge is -2.11. The Bertz CT molecular complexity index is 1240. The van der Waals surface area contributed by atoms with E-state index in [1.54, 1.807) is 37.3 Å². The van der Waals surface area contributed by atoms with Crippen molar-refractivity contribution in [3.05, 3.63) is 102 Å². The molecule has 0 saturated heterocycles. The third-order valence-electron chi connectivity index (χ3n) is 4.90. The van der Waals surface area contributed by atoms with Crippen LogP contribution in [0.25, 0.3) is 33.5 Å². The Morgan fingerprint density at radius 2 is 1.39 bits per heavy atom. The number of nitrogens with zero attached hydrogens (tertiary/aromatic N) is 1. The third kappa shape index (κ3) is 4.48. The molecular formula is C25H16F5N. The van der Waals surface area contributed by atoms with E-state index in [-0.39, 0.29) is 5.56 Å². The SMILES string of the molecule is Cc1cc(-c2ccc(C(F)(F)F)cc2)cc(-c2cccc(-c3ccc(F)cc3F)c2)n1. The van der Waals surface area contributed by atoms with Crippen LogP contribution in [0.1, 0.15) is 11.3 Å². The zero-order valence-corrected chi connectivity index (χ0v) is 16.3. The fourth-order valence-corrected chi connectivity index (χ4v) is 3.40. The van der Waals surface area contributed by atoms with E-state index in [0.29, 0.717) is 28.1 Å². The van der Waals surface area contributed by atoms with Crippen LogP contribution >= 0.6 is 0 Å². The van der Waals surface area contributed by atoms with E-state index in [1.165, 1.54) is 24.3 Å². The highest BCUT2D eigenvalue weighted by Crippen LogP contribution is 2.33. The van der Waals surface area contributed by atoms with Gasteiger partial charge < -0.3 is 0 Å². The maximum absolute atomic E-state index is 14.2. The molecule has 0 bridgehead atoms. The van der Waals surface area contributed by atoms with Gasteiger partial charge in [0.15, 0.2) is 0 Å². The first kappa shape index (κ1) is 20.7. The van der Waals surface area contributed by atoms with Gasteiger partial charge in [-0.05, 0) is 66.1 Å². The summed E-state index contributed by atoms with van der Waals surface area (Å²) >= 11 is 0. The minimum Gasteiger partial charge on any atom is -0.253 e. The Kier molecular flexibility index (Phi) is 5.31. The van der Waals surface area contributed by atoms with Gasteiger partial charge in [-0.25, -0.2) is 8.78 Å². The standard InChI is InChI=1S/C25H16F5N/c1-15-11-19(16-5-7-20(8-6-16)25(28,29)30)13-24(31-15)18-4-2-3-17(12-18)22-10-9-21(26)14-23(22)27/h2-14H,1H3. The predicted octanol–water partition coefficient (Wildman–Crippen LogP) is 7.69.